The van der Waals surface area contributed by atoms with E-state index in [-0.39, 0.29) is 11.6 Å². The molecule has 2 aromatic heterocycles. The van der Waals surface area contributed by atoms with Crippen LogP contribution in [0.15, 0.2) is 29.6 Å². The molecule has 0 radical (unpaired) electrons. The molecular weight excluding hydrogens is 266 g/mol. The van der Waals surface area contributed by atoms with Crippen molar-refractivity contribution >= 4 is 10.0 Å². The summed E-state index contributed by atoms with van der Waals surface area (Å²) in [5.41, 5.74) is 7.84. The van der Waals surface area contributed by atoms with Crippen molar-refractivity contribution in [1.82, 2.24) is 19.9 Å². The van der Waals surface area contributed by atoms with E-state index >= 15 is 0 Å². The Labute approximate surface area is 111 Å². The normalized spacial score (nSPS) is 11.7. The highest BCUT2D eigenvalue weighted by Crippen LogP contribution is 2.08. The predicted octanol–water partition coefficient (Wildman–Crippen LogP) is 0.0503. The molecule has 0 atom stereocenters. The molecule has 0 aliphatic heterocycles. The van der Waals surface area contributed by atoms with E-state index in [1.165, 1.54) is 12.3 Å². The van der Waals surface area contributed by atoms with Crippen molar-refractivity contribution in [2.75, 3.05) is 0 Å². The van der Waals surface area contributed by atoms with Gasteiger partial charge < -0.3 is 5.73 Å². The summed E-state index contributed by atoms with van der Waals surface area (Å²) in [6, 6.07) is 3.08. The minimum Gasteiger partial charge on any atom is -0.326 e. The molecule has 0 aliphatic carbocycles. The van der Waals surface area contributed by atoms with Gasteiger partial charge in [-0.25, -0.2) is 18.1 Å². The standard InChI is InChI=1S/C11H15N5O2S/c1-8-10(6-14-16-8)7-15-19(17,18)11-3-2-9(4-12)5-13-11/h2-3,5-6,15H,4,7,12H2,1H3,(H,14,16). The Balaban J connectivity index is 2.11. The highest BCUT2D eigenvalue weighted by Gasteiger charge is 2.15. The molecule has 0 saturated carbocycles. The van der Waals surface area contributed by atoms with Crippen LogP contribution in [0.4, 0.5) is 0 Å². The van der Waals surface area contributed by atoms with Crippen LogP contribution in [0.2, 0.25) is 0 Å². The number of nitrogens with two attached hydrogens (primary N) is 1. The highest BCUT2D eigenvalue weighted by atomic mass is 32.2. The zero-order valence-electron chi connectivity index (χ0n) is 10.4. The third-order valence-corrected chi connectivity index (χ3v) is 4.01. The molecule has 0 amide bonds. The zero-order valence-corrected chi connectivity index (χ0v) is 11.2. The number of aromatic amines is 1. The maximum absolute atomic E-state index is 12.0. The van der Waals surface area contributed by atoms with Crippen LogP contribution < -0.4 is 10.5 Å². The average molecular weight is 281 g/mol. The van der Waals surface area contributed by atoms with Gasteiger partial charge >= 0.3 is 0 Å². The first-order valence-electron chi connectivity index (χ1n) is 5.66. The fourth-order valence-corrected chi connectivity index (χ4v) is 2.42. The van der Waals surface area contributed by atoms with E-state index in [1.807, 2.05) is 6.92 Å². The Morgan fingerprint density at radius 2 is 2.16 bits per heavy atom. The number of pyridine rings is 1. The van der Waals surface area contributed by atoms with Crippen molar-refractivity contribution in [2.45, 2.75) is 25.0 Å². The molecule has 0 saturated heterocycles. The van der Waals surface area contributed by atoms with E-state index < -0.39 is 10.0 Å². The van der Waals surface area contributed by atoms with Crippen LogP contribution in [0, 0.1) is 6.92 Å². The lowest BCUT2D eigenvalue weighted by molar-refractivity contribution is 0.577. The summed E-state index contributed by atoms with van der Waals surface area (Å²) in [6.45, 7) is 2.32. The van der Waals surface area contributed by atoms with Gasteiger partial charge in [-0.15, -0.1) is 0 Å². The van der Waals surface area contributed by atoms with Crippen molar-refractivity contribution < 1.29 is 8.42 Å². The van der Waals surface area contributed by atoms with Gasteiger partial charge in [0.25, 0.3) is 10.0 Å². The number of nitrogens with one attached hydrogen (secondary N) is 2. The molecule has 102 valence electrons. The molecule has 0 aliphatic rings. The topological polar surface area (TPSA) is 114 Å². The maximum Gasteiger partial charge on any atom is 0.258 e. The fraction of sp³-hybridized carbons (Fsp3) is 0.273. The van der Waals surface area contributed by atoms with Gasteiger partial charge in [-0.3, -0.25) is 5.10 Å². The molecule has 7 nitrogen and oxygen atoms in total. The monoisotopic (exact) mass is 281 g/mol. The first-order chi connectivity index (χ1) is 9.03. The Hall–Kier alpha value is -1.77. The van der Waals surface area contributed by atoms with Crippen molar-refractivity contribution in [3.63, 3.8) is 0 Å². The van der Waals surface area contributed by atoms with Crippen molar-refractivity contribution in [3.8, 4) is 0 Å². The second-order valence-corrected chi connectivity index (χ2v) is 5.77. The highest BCUT2D eigenvalue weighted by molar-refractivity contribution is 7.89. The average Bonchev–Trinajstić information content (AvgIpc) is 2.82. The first-order valence-corrected chi connectivity index (χ1v) is 7.15. The molecule has 0 aromatic carbocycles. The molecule has 4 N–H and O–H groups in total. The number of aryl methyl sites for hydroxylation is 1. The van der Waals surface area contributed by atoms with Gasteiger partial charge in [-0.05, 0) is 18.6 Å². The smallest absolute Gasteiger partial charge is 0.258 e. The summed E-state index contributed by atoms with van der Waals surface area (Å²) in [5, 5.41) is 6.55. The largest absolute Gasteiger partial charge is 0.326 e. The van der Waals surface area contributed by atoms with Gasteiger partial charge in [0.05, 0.1) is 6.20 Å². The molecule has 8 heteroatoms. The number of aromatic nitrogens is 3. The zero-order chi connectivity index (χ0) is 13.9. The Morgan fingerprint density at radius 1 is 1.37 bits per heavy atom. The van der Waals surface area contributed by atoms with E-state index in [2.05, 4.69) is 19.9 Å². The molecule has 19 heavy (non-hydrogen) atoms. The molecular formula is C11H15N5O2S. The summed E-state index contributed by atoms with van der Waals surface area (Å²) in [6.07, 6.45) is 3.04. The third kappa shape index (κ3) is 3.16. The molecule has 0 bridgehead atoms. The van der Waals surface area contributed by atoms with E-state index in [0.717, 1.165) is 16.8 Å². The minimum absolute atomic E-state index is 0.0224. The van der Waals surface area contributed by atoms with Crippen LogP contribution in [0.1, 0.15) is 16.8 Å². The number of sulfonamides is 1. The Bertz CT molecular complexity index is 648. The first kappa shape index (κ1) is 13.7. The number of nitrogens with zero attached hydrogens (tertiary/aromatic N) is 2. The van der Waals surface area contributed by atoms with Crippen molar-refractivity contribution in [2.24, 2.45) is 5.73 Å². The molecule has 2 heterocycles. The van der Waals surface area contributed by atoms with Crippen LogP contribution in [0.3, 0.4) is 0 Å². The predicted molar refractivity (Wildman–Crippen MR) is 69.5 cm³/mol. The van der Waals surface area contributed by atoms with E-state index in [0.29, 0.717) is 6.54 Å². The molecule has 2 aromatic rings. The number of hydrogen-bond donors (Lipinski definition) is 3. The SMILES string of the molecule is Cc1[nH]ncc1CNS(=O)(=O)c1ccc(CN)cn1. The van der Waals surface area contributed by atoms with Crippen LogP contribution in [-0.4, -0.2) is 23.6 Å². The maximum atomic E-state index is 12.0. The van der Waals surface area contributed by atoms with Crippen LogP contribution >= 0.6 is 0 Å². The molecule has 0 fully saturated rings. The second-order valence-electron chi connectivity index (χ2n) is 4.05. The molecule has 0 unspecified atom stereocenters. The molecule has 2 rings (SSSR count). The van der Waals surface area contributed by atoms with Crippen molar-refractivity contribution in [3.05, 3.63) is 41.3 Å². The fourth-order valence-electron chi connectivity index (χ4n) is 1.49. The summed E-state index contributed by atoms with van der Waals surface area (Å²) >= 11 is 0. The van der Waals surface area contributed by atoms with Gasteiger partial charge in [0.1, 0.15) is 0 Å². The summed E-state index contributed by atoms with van der Waals surface area (Å²) in [5.74, 6) is 0. The quantitative estimate of drug-likeness (QED) is 0.716. The number of H-pyrrole nitrogens is 1. The van der Waals surface area contributed by atoms with E-state index in [1.54, 1.807) is 12.3 Å². The lowest BCUT2D eigenvalue weighted by Gasteiger charge is -2.06. The lowest BCUT2D eigenvalue weighted by atomic mass is 10.3. The van der Waals surface area contributed by atoms with Gasteiger partial charge in [-0.2, -0.15) is 5.10 Å². The van der Waals surface area contributed by atoms with Crippen molar-refractivity contribution in [1.29, 1.82) is 0 Å². The third-order valence-electron chi connectivity index (χ3n) is 2.70. The lowest BCUT2D eigenvalue weighted by Crippen LogP contribution is -2.24. The molecule has 0 spiro atoms. The summed E-state index contributed by atoms with van der Waals surface area (Å²) in [4.78, 5) is 3.89. The Morgan fingerprint density at radius 3 is 2.68 bits per heavy atom. The summed E-state index contributed by atoms with van der Waals surface area (Å²) in [7, 11) is -3.62. The summed E-state index contributed by atoms with van der Waals surface area (Å²) < 4.78 is 26.5. The van der Waals surface area contributed by atoms with E-state index in [4.69, 9.17) is 5.73 Å². The Kier molecular flexibility index (Phi) is 3.93. The number of rotatable bonds is 5. The minimum atomic E-state index is -3.62. The van der Waals surface area contributed by atoms with Gasteiger partial charge in [0.15, 0.2) is 5.03 Å². The van der Waals surface area contributed by atoms with Gasteiger partial charge in [0.2, 0.25) is 0 Å². The van der Waals surface area contributed by atoms with E-state index in [9.17, 15) is 8.42 Å². The van der Waals surface area contributed by atoms with Gasteiger partial charge in [0, 0.05) is 30.5 Å². The van der Waals surface area contributed by atoms with Crippen LogP contribution in [0.5, 0.6) is 0 Å². The second kappa shape index (κ2) is 5.47. The van der Waals surface area contributed by atoms with Crippen LogP contribution in [-0.2, 0) is 23.1 Å². The number of hydrogen-bond acceptors (Lipinski definition) is 5. The van der Waals surface area contributed by atoms with Gasteiger partial charge in [-0.1, -0.05) is 6.07 Å². The van der Waals surface area contributed by atoms with Crippen LogP contribution in [0.25, 0.3) is 0 Å².